The minimum absolute atomic E-state index is 0.0165. The smallest absolute Gasteiger partial charge is 0.338 e. The van der Waals surface area contributed by atoms with E-state index in [-0.39, 0.29) is 17.7 Å². The molecule has 1 atom stereocenters. The van der Waals surface area contributed by atoms with Crippen molar-refractivity contribution < 1.29 is 18.8 Å². The fourth-order valence-corrected chi connectivity index (χ4v) is 11.9. The van der Waals surface area contributed by atoms with E-state index in [1.165, 1.54) is 10.8 Å². The van der Waals surface area contributed by atoms with Crippen molar-refractivity contribution in [3.8, 4) is 0 Å². The van der Waals surface area contributed by atoms with E-state index in [9.17, 15) is 19.2 Å². The highest BCUT2D eigenvalue weighted by Gasteiger charge is 2.45. The SMILES string of the molecule is CC(C)[Si](OC[C@H](CCBr)n1cc(COC(=O)c2ccccc2)c(=O)n(C(=O)c2ccccc2)c1=O)(C(C)C)C(C)C. The summed E-state index contributed by atoms with van der Waals surface area (Å²) in [6, 6.07) is 16.1. The van der Waals surface area contributed by atoms with E-state index in [4.69, 9.17) is 9.16 Å². The zero-order valence-electron chi connectivity index (χ0n) is 25.2. The minimum atomic E-state index is -2.29. The maximum Gasteiger partial charge on any atom is 0.338 e. The number of halogens is 1. The Labute approximate surface area is 256 Å². The molecule has 3 rings (SSSR count). The van der Waals surface area contributed by atoms with Crippen molar-refractivity contribution in [3.05, 3.63) is 104 Å². The highest BCUT2D eigenvalue weighted by Crippen LogP contribution is 2.42. The molecule has 1 aromatic heterocycles. The van der Waals surface area contributed by atoms with Crippen LogP contribution < -0.4 is 11.2 Å². The first-order chi connectivity index (χ1) is 19.9. The zero-order valence-corrected chi connectivity index (χ0v) is 27.8. The first-order valence-electron chi connectivity index (χ1n) is 14.3. The van der Waals surface area contributed by atoms with Crippen LogP contribution in [0.3, 0.4) is 0 Å². The average Bonchev–Trinajstić information content (AvgIpc) is 2.96. The van der Waals surface area contributed by atoms with Gasteiger partial charge in [0.05, 0.1) is 23.8 Å². The molecule has 0 N–H and O–H groups in total. The third kappa shape index (κ3) is 7.27. The summed E-state index contributed by atoms with van der Waals surface area (Å²) in [5.74, 6) is -1.36. The Morgan fingerprint density at radius 1 is 0.833 bits per heavy atom. The summed E-state index contributed by atoms with van der Waals surface area (Å²) >= 11 is 3.51. The van der Waals surface area contributed by atoms with E-state index in [1.54, 1.807) is 60.7 Å². The van der Waals surface area contributed by atoms with Crippen LogP contribution in [0, 0.1) is 0 Å². The molecule has 3 aromatic rings. The second-order valence-corrected chi connectivity index (χ2v) is 17.6. The van der Waals surface area contributed by atoms with E-state index >= 15 is 0 Å². The number of esters is 1. The summed E-state index contributed by atoms with van der Waals surface area (Å²) < 4.78 is 14.4. The fourth-order valence-electron chi connectivity index (χ4n) is 5.84. The second-order valence-electron chi connectivity index (χ2n) is 11.4. The average molecular weight is 658 g/mol. The lowest BCUT2D eigenvalue weighted by molar-refractivity contribution is 0.0469. The fraction of sp³-hybridized carbons (Fsp3) is 0.438. The van der Waals surface area contributed by atoms with Gasteiger partial charge in [0.1, 0.15) is 6.61 Å². The summed E-state index contributed by atoms with van der Waals surface area (Å²) in [6.07, 6.45) is 1.93. The van der Waals surface area contributed by atoms with Gasteiger partial charge in [-0.1, -0.05) is 93.9 Å². The van der Waals surface area contributed by atoms with E-state index in [0.29, 0.717) is 38.5 Å². The van der Waals surface area contributed by atoms with Crippen molar-refractivity contribution in [2.75, 3.05) is 11.9 Å². The summed E-state index contributed by atoms with van der Waals surface area (Å²) in [6.45, 7) is 13.0. The molecule has 0 saturated heterocycles. The van der Waals surface area contributed by atoms with Crippen LogP contribution in [0.1, 0.15) is 80.3 Å². The third-order valence-electron chi connectivity index (χ3n) is 7.85. The molecule has 0 aliphatic rings. The molecule has 0 saturated carbocycles. The van der Waals surface area contributed by atoms with Crippen molar-refractivity contribution >= 4 is 36.1 Å². The Morgan fingerprint density at radius 3 is 1.86 bits per heavy atom. The van der Waals surface area contributed by atoms with Crippen LogP contribution in [0.15, 0.2) is 76.4 Å². The van der Waals surface area contributed by atoms with Crippen LogP contribution in [0.2, 0.25) is 16.6 Å². The van der Waals surface area contributed by atoms with Crippen LogP contribution in [0.5, 0.6) is 0 Å². The summed E-state index contributed by atoms with van der Waals surface area (Å²) in [4.78, 5) is 53.7. The molecule has 8 nitrogen and oxygen atoms in total. The minimum Gasteiger partial charge on any atom is -0.457 e. The van der Waals surface area contributed by atoms with Gasteiger partial charge in [-0.25, -0.2) is 9.59 Å². The van der Waals surface area contributed by atoms with Crippen LogP contribution >= 0.6 is 15.9 Å². The highest BCUT2D eigenvalue weighted by atomic mass is 79.9. The Morgan fingerprint density at radius 2 is 1.36 bits per heavy atom. The van der Waals surface area contributed by atoms with Gasteiger partial charge in [0, 0.05) is 17.1 Å². The largest absolute Gasteiger partial charge is 0.457 e. The second kappa shape index (κ2) is 14.9. The predicted molar refractivity (Wildman–Crippen MR) is 171 cm³/mol. The van der Waals surface area contributed by atoms with Gasteiger partial charge in [-0.15, -0.1) is 0 Å². The van der Waals surface area contributed by atoms with Gasteiger partial charge < -0.3 is 9.16 Å². The topological polar surface area (TPSA) is 96.6 Å². The number of carbonyl (C=O) groups excluding carboxylic acids is 2. The van der Waals surface area contributed by atoms with Gasteiger partial charge in [0.25, 0.3) is 11.5 Å². The molecule has 0 bridgehead atoms. The molecule has 0 aliphatic carbocycles. The number of benzene rings is 2. The maximum absolute atomic E-state index is 13.9. The Balaban J connectivity index is 2.11. The number of aromatic nitrogens is 2. The molecule has 2 aromatic carbocycles. The molecular weight excluding hydrogens is 616 g/mol. The number of nitrogens with zero attached hydrogens (tertiary/aromatic N) is 2. The molecule has 0 aliphatic heterocycles. The van der Waals surface area contributed by atoms with E-state index in [2.05, 4.69) is 57.5 Å². The van der Waals surface area contributed by atoms with Crippen LogP contribution in [-0.4, -0.2) is 41.3 Å². The molecule has 0 fully saturated rings. The normalized spacial score (nSPS) is 12.6. The molecular formula is C32H41BrN2O6Si. The van der Waals surface area contributed by atoms with Crippen molar-refractivity contribution in [2.45, 2.75) is 77.2 Å². The number of ether oxygens (including phenoxy) is 1. The molecule has 1 heterocycles. The van der Waals surface area contributed by atoms with Gasteiger partial charge in [0.15, 0.2) is 8.32 Å². The number of carbonyl (C=O) groups is 2. The number of hydrogen-bond donors (Lipinski definition) is 0. The quantitative estimate of drug-likeness (QED) is 0.117. The van der Waals surface area contributed by atoms with Crippen molar-refractivity contribution in [3.63, 3.8) is 0 Å². The first kappa shape index (κ1) is 33.4. The third-order valence-corrected chi connectivity index (χ3v) is 14.4. The predicted octanol–water partition coefficient (Wildman–Crippen LogP) is 6.57. The standard InChI is InChI=1S/C32H41BrN2O6Si/c1-22(2)42(23(3)4,24(5)6)41-21-28(17-18-33)34-19-27(20-40-31(38)26-15-11-8-12-16-26)30(37)35(32(34)39)29(36)25-13-9-7-10-14-25/h7-16,19,22-24,28H,17-18,20-21H2,1-6H3/t28-/m0/s1. The van der Waals surface area contributed by atoms with E-state index in [0.717, 1.165) is 0 Å². The zero-order chi connectivity index (χ0) is 31.0. The van der Waals surface area contributed by atoms with Gasteiger partial charge >= 0.3 is 11.7 Å². The number of alkyl halides is 1. The van der Waals surface area contributed by atoms with Crippen molar-refractivity contribution in [1.82, 2.24) is 9.13 Å². The summed E-state index contributed by atoms with van der Waals surface area (Å²) in [5, 5.41) is 0.567. The van der Waals surface area contributed by atoms with Crippen LogP contribution in [0.4, 0.5) is 0 Å². The summed E-state index contributed by atoms with van der Waals surface area (Å²) in [7, 11) is -2.29. The van der Waals surface area contributed by atoms with Gasteiger partial charge in [-0.3, -0.25) is 14.2 Å². The lowest BCUT2D eigenvalue weighted by Gasteiger charge is -2.43. The van der Waals surface area contributed by atoms with E-state index in [1.807, 2.05) is 0 Å². The van der Waals surface area contributed by atoms with Gasteiger partial charge in [-0.2, -0.15) is 4.57 Å². The van der Waals surface area contributed by atoms with Gasteiger partial charge in [0.2, 0.25) is 0 Å². The molecule has 0 spiro atoms. The number of rotatable bonds is 13. The van der Waals surface area contributed by atoms with E-state index < -0.39 is 44.1 Å². The Hall–Kier alpha value is -3.08. The van der Waals surface area contributed by atoms with Crippen molar-refractivity contribution in [1.29, 1.82) is 0 Å². The monoisotopic (exact) mass is 656 g/mol. The molecule has 0 unspecified atom stereocenters. The number of hydrogen-bond acceptors (Lipinski definition) is 6. The van der Waals surface area contributed by atoms with Crippen LogP contribution in [-0.2, 0) is 15.8 Å². The molecule has 0 radical (unpaired) electrons. The van der Waals surface area contributed by atoms with Crippen LogP contribution in [0.25, 0.3) is 0 Å². The molecule has 226 valence electrons. The highest BCUT2D eigenvalue weighted by molar-refractivity contribution is 9.09. The Bertz CT molecular complexity index is 1450. The first-order valence-corrected chi connectivity index (χ1v) is 17.6. The molecule has 10 heteroatoms. The molecule has 42 heavy (non-hydrogen) atoms. The lowest BCUT2D eigenvalue weighted by atomic mass is 10.2. The maximum atomic E-state index is 13.9. The summed E-state index contributed by atoms with van der Waals surface area (Å²) in [5.41, 5.74) is -0.0356. The lowest BCUT2D eigenvalue weighted by Crippen LogP contribution is -2.50. The Kier molecular flexibility index (Phi) is 11.8. The molecule has 0 amide bonds. The van der Waals surface area contributed by atoms with Gasteiger partial charge in [-0.05, 0) is 47.3 Å². The van der Waals surface area contributed by atoms with Crippen molar-refractivity contribution in [2.24, 2.45) is 0 Å².